The van der Waals surface area contributed by atoms with Crippen LogP contribution < -0.4 is 0 Å². The highest BCUT2D eigenvalue weighted by molar-refractivity contribution is 6.13. The lowest BCUT2D eigenvalue weighted by atomic mass is 10.00. The Labute approximate surface area is 316 Å². The molecule has 11 aromatic rings. The smallest absolute Gasteiger partial charge is 0.0992 e. The van der Waals surface area contributed by atoms with E-state index in [1.807, 2.05) is 36.4 Å². The van der Waals surface area contributed by atoms with Crippen molar-refractivity contribution in [1.29, 1.82) is 10.5 Å². The van der Waals surface area contributed by atoms with Gasteiger partial charge in [0.1, 0.15) is 0 Å². The van der Waals surface area contributed by atoms with Crippen molar-refractivity contribution < 1.29 is 0 Å². The summed E-state index contributed by atoms with van der Waals surface area (Å²) in [6.07, 6.45) is 0. The lowest BCUT2D eigenvalue weighted by Gasteiger charge is -2.16. The van der Waals surface area contributed by atoms with Gasteiger partial charge in [0, 0.05) is 49.3 Å². The second-order valence-corrected chi connectivity index (χ2v) is 14.0. The molecule has 0 amide bonds. The van der Waals surface area contributed by atoms with Crippen molar-refractivity contribution in [2.75, 3.05) is 0 Å². The molecule has 55 heavy (non-hydrogen) atoms. The summed E-state index contributed by atoms with van der Waals surface area (Å²) in [4.78, 5) is 0. The topological polar surface area (TPSA) is 62.4 Å². The summed E-state index contributed by atoms with van der Waals surface area (Å²) in [5.74, 6) is 0. The highest BCUT2D eigenvalue weighted by Crippen LogP contribution is 2.40. The first-order valence-electron chi connectivity index (χ1n) is 18.3. The highest BCUT2D eigenvalue weighted by atomic mass is 15.0. The molecule has 0 atom stereocenters. The molecule has 8 aromatic carbocycles. The second-order valence-electron chi connectivity index (χ2n) is 14.0. The molecule has 0 aliphatic carbocycles. The summed E-state index contributed by atoms with van der Waals surface area (Å²) in [7, 11) is 0. The van der Waals surface area contributed by atoms with Crippen molar-refractivity contribution in [3.8, 4) is 40.3 Å². The number of hydrogen-bond acceptors (Lipinski definition) is 2. The molecular weight excluding hydrogens is 671 g/mol. The fraction of sp³-hybridized carbons (Fsp3) is 0. The van der Waals surface area contributed by atoms with Crippen molar-refractivity contribution in [2.24, 2.45) is 0 Å². The molecule has 0 aliphatic rings. The van der Waals surface area contributed by atoms with Gasteiger partial charge in [-0.2, -0.15) is 10.5 Å². The lowest BCUT2D eigenvalue weighted by Crippen LogP contribution is -2.00. The molecule has 0 saturated heterocycles. The predicted molar refractivity (Wildman–Crippen MR) is 224 cm³/mol. The molecule has 0 fully saturated rings. The average Bonchev–Trinajstić information content (AvgIpc) is 3.88. The summed E-state index contributed by atoms with van der Waals surface area (Å²) in [5, 5.41) is 27.1. The van der Waals surface area contributed by atoms with Crippen LogP contribution in [0.5, 0.6) is 0 Å². The Morgan fingerprint density at radius 3 is 1.47 bits per heavy atom. The third-order valence-corrected chi connectivity index (χ3v) is 11.1. The summed E-state index contributed by atoms with van der Waals surface area (Å²) < 4.78 is 6.93. The summed E-state index contributed by atoms with van der Waals surface area (Å²) >= 11 is 0. The molecular formula is C50H29N5. The normalized spacial score (nSPS) is 11.6. The van der Waals surface area contributed by atoms with E-state index in [2.05, 4.69) is 165 Å². The highest BCUT2D eigenvalue weighted by Gasteiger charge is 2.20. The largest absolute Gasteiger partial charge is 0.309 e. The Hall–Kier alpha value is -7.86. The van der Waals surface area contributed by atoms with Gasteiger partial charge in [-0.15, -0.1) is 0 Å². The molecule has 11 rings (SSSR count). The molecule has 0 aliphatic heterocycles. The molecule has 0 bridgehead atoms. The van der Waals surface area contributed by atoms with E-state index >= 15 is 0 Å². The number of benzene rings is 8. The van der Waals surface area contributed by atoms with Crippen molar-refractivity contribution in [2.45, 2.75) is 0 Å². The van der Waals surface area contributed by atoms with Gasteiger partial charge in [0.05, 0.1) is 62.1 Å². The van der Waals surface area contributed by atoms with E-state index in [9.17, 15) is 10.5 Å². The van der Waals surface area contributed by atoms with Crippen LogP contribution in [0.15, 0.2) is 176 Å². The molecule has 0 saturated carbocycles. The summed E-state index contributed by atoms with van der Waals surface area (Å²) in [6.45, 7) is 0. The Kier molecular flexibility index (Phi) is 6.61. The van der Waals surface area contributed by atoms with Crippen molar-refractivity contribution in [3.05, 3.63) is 187 Å². The van der Waals surface area contributed by atoms with Gasteiger partial charge in [0.25, 0.3) is 0 Å². The fourth-order valence-electron chi connectivity index (χ4n) is 8.75. The van der Waals surface area contributed by atoms with Crippen LogP contribution in [0.1, 0.15) is 11.1 Å². The van der Waals surface area contributed by atoms with Gasteiger partial charge >= 0.3 is 0 Å². The third kappa shape index (κ3) is 4.51. The fourth-order valence-corrected chi connectivity index (χ4v) is 8.75. The van der Waals surface area contributed by atoms with Gasteiger partial charge < -0.3 is 13.7 Å². The van der Waals surface area contributed by atoms with E-state index in [0.717, 1.165) is 82.8 Å². The van der Waals surface area contributed by atoms with Crippen molar-refractivity contribution >= 4 is 65.4 Å². The number of rotatable bonds is 4. The minimum atomic E-state index is 0.577. The van der Waals surface area contributed by atoms with Crippen LogP contribution in [0.3, 0.4) is 0 Å². The number of hydrogen-bond donors (Lipinski definition) is 0. The molecule has 3 aromatic heterocycles. The van der Waals surface area contributed by atoms with Gasteiger partial charge in [-0.25, -0.2) is 0 Å². The quantitative estimate of drug-likeness (QED) is 0.184. The third-order valence-electron chi connectivity index (χ3n) is 11.1. The Morgan fingerprint density at radius 1 is 0.327 bits per heavy atom. The minimum Gasteiger partial charge on any atom is -0.309 e. The van der Waals surface area contributed by atoms with E-state index in [-0.39, 0.29) is 0 Å². The van der Waals surface area contributed by atoms with Crippen LogP contribution in [-0.4, -0.2) is 13.7 Å². The number of para-hydroxylation sites is 5. The van der Waals surface area contributed by atoms with Crippen LogP contribution in [0.25, 0.3) is 93.6 Å². The van der Waals surface area contributed by atoms with Crippen molar-refractivity contribution in [3.63, 3.8) is 0 Å². The predicted octanol–water partition coefficient (Wildman–Crippen LogP) is 12.4. The molecule has 0 unspecified atom stereocenters. The van der Waals surface area contributed by atoms with E-state index < -0.39 is 0 Å². The lowest BCUT2D eigenvalue weighted by molar-refractivity contribution is 1.15. The van der Waals surface area contributed by atoms with E-state index in [1.54, 1.807) is 0 Å². The number of fused-ring (bicyclic) bond motifs is 9. The maximum Gasteiger partial charge on any atom is 0.0992 e. The first kappa shape index (κ1) is 30.7. The van der Waals surface area contributed by atoms with Gasteiger partial charge in [-0.3, -0.25) is 0 Å². The van der Waals surface area contributed by atoms with E-state index in [4.69, 9.17) is 0 Å². The zero-order valence-electron chi connectivity index (χ0n) is 29.5. The summed E-state index contributed by atoms with van der Waals surface area (Å²) in [6, 6.07) is 66.0. The Morgan fingerprint density at radius 2 is 0.836 bits per heavy atom. The molecule has 0 spiro atoms. The zero-order valence-corrected chi connectivity index (χ0v) is 29.5. The van der Waals surface area contributed by atoms with Crippen LogP contribution in [-0.2, 0) is 0 Å². The molecule has 0 N–H and O–H groups in total. The van der Waals surface area contributed by atoms with E-state index in [1.165, 1.54) is 10.8 Å². The average molecular weight is 700 g/mol. The van der Waals surface area contributed by atoms with Crippen molar-refractivity contribution in [1.82, 2.24) is 13.7 Å². The van der Waals surface area contributed by atoms with E-state index in [0.29, 0.717) is 11.1 Å². The maximum atomic E-state index is 10.5. The Bertz CT molecular complexity index is 3420. The monoisotopic (exact) mass is 699 g/mol. The molecule has 5 heteroatoms. The first-order chi connectivity index (χ1) is 27.2. The number of nitriles is 2. The standard InChI is InChI=1S/C50H29N5/c51-30-32-21-24-49-43(27-32)41-15-5-10-20-48(41)55(49)44-16-6-1-11-37(44)34-25-33(31-52)26-36(28-34)54-47-19-9-4-14-40(47)42-23-22-35(29-50(42)54)53-45-17-7-2-12-38(45)39-13-3-8-18-46(39)53/h1-29H. The summed E-state index contributed by atoms with van der Waals surface area (Å²) in [5.41, 5.74) is 12.6. The molecule has 0 radical (unpaired) electrons. The number of nitrogens with zero attached hydrogens (tertiary/aromatic N) is 5. The first-order valence-corrected chi connectivity index (χ1v) is 18.3. The van der Waals surface area contributed by atoms with Gasteiger partial charge in [-0.05, 0) is 84.4 Å². The van der Waals surface area contributed by atoms with Crippen LogP contribution in [0, 0.1) is 22.7 Å². The SMILES string of the molecule is N#Cc1cc(-c2ccccc2-n2c3ccccc3c3cc(C#N)ccc32)cc(-n2c3ccccc3c3ccc(-n4c5ccccc5c5ccccc54)cc32)c1. The number of aromatic nitrogens is 3. The van der Waals surface area contributed by atoms with Crippen LogP contribution >= 0.6 is 0 Å². The van der Waals surface area contributed by atoms with Gasteiger partial charge in [0.2, 0.25) is 0 Å². The maximum absolute atomic E-state index is 10.5. The Balaban J connectivity index is 1.17. The molecule has 3 heterocycles. The molecule has 5 nitrogen and oxygen atoms in total. The second kappa shape index (κ2) is 11.8. The minimum absolute atomic E-state index is 0.577. The molecule has 254 valence electrons. The van der Waals surface area contributed by atoms with Crippen LogP contribution in [0.2, 0.25) is 0 Å². The van der Waals surface area contributed by atoms with Gasteiger partial charge in [0.15, 0.2) is 0 Å². The zero-order chi connectivity index (χ0) is 36.6. The van der Waals surface area contributed by atoms with Gasteiger partial charge in [-0.1, -0.05) is 97.1 Å². The van der Waals surface area contributed by atoms with Crippen LogP contribution in [0.4, 0.5) is 0 Å².